The number of piperazine rings is 1. The highest BCUT2D eigenvalue weighted by atomic mass is 32.2. The monoisotopic (exact) mass is 406 g/mol. The van der Waals surface area contributed by atoms with Gasteiger partial charge in [-0.25, -0.2) is 31.8 Å². The highest BCUT2D eigenvalue weighted by molar-refractivity contribution is 7.89. The van der Waals surface area contributed by atoms with Gasteiger partial charge in [-0.3, -0.25) is 0 Å². The zero-order chi connectivity index (χ0) is 19.7. The van der Waals surface area contributed by atoms with Crippen molar-refractivity contribution in [3.8, 4) is 5.82 Å². The van der Waals surface area contributed by atoms with Gasteiger partial charge in [-0.2, -0.15) is 9.40 Å². The molecule has 4 rings (SSSR count). The van der Waals surface area contributed by atoms with Crippen molar-refractivity contribution in [3.05, 3.63) is 60.7 Å². The molecule has 3 heterocycles. The summed E-state index contributed by atoms with van der Waals surface area (Å²) < 4.78 is 55.9. The Balaban J connectivity index is 1.52. The third kappa shape index (κ3) is 3.34. The highest BCUT2D eigenvalue weighted by Gasteiger charge is 2.33. The first-order chi connectivity index (χ1) is 13.5. The molecule has 8 nitrogen and oxygen atoms in total. The first-order valence-electron chi connectivity index (χ1n) is 8.48. The van der Waals surface area contributed by atoms with Crippen LogP contribution in [0.1, 0.15) is 0 Å². The van der Waals surface area contributed by atoms with Crippen molar-refractivity contribution in [2.45, 2.75) is 4.90 Å². The third-order valence-electron chi connectivity index (χ3n) is 4.46. The predicted molar refractivity (Wildman–Crippen MR) is 96.5 cm³/mol. The Morgan fingerprint density at radius 3 is 2.25 bits per heavy atom. The molecule has 0 aliphatic carbocycles. The van der Waals surface area contributed by atoms with Crippen LogP contribution in [0, 0.1) is 11.6 Å². The number of sulfonamides is 1. The summed E-state index contributed by atoms with van der Waals surface area (Å²) in [4.78, 5) is 9.37. The summed E-state index contributed by atoms with van der Waals surface area (Å²) in [7, 11) is -4.26. The van der Waals surface area contributed by atoms with Crippen molar-refractivity contribution in [1.29, 1.82) is 0 Å². The highest BCUT2D eigenvalue weighted by Crippen LogP contribution is 2.24. The van der Waals surface area contributed by atoms with Crippen LogP contribution in [-0.2, 0) is 10.0 Å². The minimum absolute atomic E-state index is 0.0806. The van der Waals surface area contributed by atoms with Gasteiger partial charge in [-0.05, 0) is 18.2 Å². The molecule has 2 aromatic heterocycles. The largest absolute Gasteiger partial charge is 0.354 e. The molecule has 1 aromatic carbocycles. The van der Waals surface area contributed by atoms with E-state index in [0.29, 0.717) is 24.7 Å². The first kappa shape index (κ1) is 18.4. The molecule has 1 aliphatic heterocycles. The molecule has 1 fully saturated rings. The molecule has 0 saturated carbocycles. The zero-order valence-corrected chi connectivity index (χ0v) is 15.4. The molecule has 0 spiro atoms. The van der Waals surface area contributed by atoms with Crippen molar-refractivity contribution in [2.24, 2.45) is 0 Å². The lowest BCUT2D eigenvalue weighted by Crippen LogP contribution is -2.49. The Bertz CT molecular complexity index is 1060. The van der Waals surface area contributed by atoms with Crippen LogP contribution in [0.15, 0.2) is 53.9 Å². The summed E-state index contributed by atoms with van der Waals surface area (Å²) >= 11 is 0. The summed E-state index contributed by atoms with van der Waals surface area (Å²) in [5.74, 6) is -0.989. The maximum Gasteiger partial charge on any atom is 0.249 e. The van der Waals surface area contributed by atoms with Gasteiger partial charge in [-0.1, -0.05) is 6.07 Å². The van der Waals surface area contributed by atoms with Crippen LogP contribution in [0.25, 0.3) is 5.82 Å². The standard InChI is InChI=1S/C17H16F2N6O2S/c18-13-3-1-4-14(19)17(13)28(26,27)24-9-7-23(8-10-24)15-11-16(21-12-20-15)25-6-2-5-22-25/h1-6,11-12H,7-10H2. The average Bonchev–Trinajstić information content (AvgIpc) is 3.23. The predicted octanol–water partition coefficient (Wildman–Crippen LogP) is 1.45. The second-order valence-corrected chi connectivity index (χ2v) is 8.00. The van der Waals surface area contributed by atoms with Crippen LogP contribution in [0.2, 0.25) is 0 Å². The van der Waals surface area contributed by atoms with Crippen LogP contribution in [0.5, 0.6) is 0 Å². The molecule has 0 N–H and O–H groups in total. The van der Waals surface area contributed by atoms with Gasteiger partial charge >= 0.3 is 0 Å². The number of nitrogens with zero attached hydrogens (tertiary/aromatic N) is 6. The van der Waals surface area contributed by atoms with Crippen molar-refractivity contribution in [3.63, 3.8) is 0 Å². The fourth-order valence-electron chi connectivity index (χ4n) is 3.06. The van der Waals surface area contributed by atoms with Gasteiger partial charge in [0, 0.05) is 44.6 Å². The molecule has 0 amide bonds. The molecule has 0 radical (unpaired) electrons. The summed E-state index contributed by atoms with van der Waals surface area (Å²) in [5.41, 5.74) is 0. The Kier molecular flexibility index (Phi) is 4.77. The van der Waals surface area contributed by atoms with Crippen LogP contribution in [0.4, 0.5) is 14.6 Å². The molecular weight excluding hydrogens is 390 g/mol. The van der Waals surface area contributed by atoms with E-state index in [9.17, 15) is 17.2 Å². The van der Waals surface area contributed by atoms with Crippen LogP contribution in [0.3, 0.4) is 0 Å². The summed E-state index contributed by atoms with van der Waals surface area (Å²) in [6, 6.07) is 6.52. The van der Waals surface area contributed by atoms with E-state index in [0.717, 1.165) is 22.5 Å². The topological polar surface area (TPSA) is 84.2 Å². The lowest BCUT2D eigenvalue weighted by Gasteiger charge is -2.34. The quantitative estimate of drug-likeness (QED) is 0.652. The second kappa shape index (κ2) is 7.24. The van der Waals surface area contributed by atoms with E-state index >= 15 is 0 Å². The van der Waals surface area contributed by atoms with Crippen molar-refractivity contribution in [1.82, 2.24) is 24.1 Å². The number of benzene rings is 1. The van der Waals surface area contributed by atoms with Crippen molar-refractivity contribution < 1.29 is 17.2 Å². The molecule has 3 aromatic rings. The van der Waals surface area contributed by atoms with E-state index in [1.165, 1.54) is 6.33 Å². The lowest BCUT2D eigenvalue weighted by molar-refractivity contribution is 0.377. The molecular formula is C17H16F2N6O2S. The number of hydrogen-bond donors (Lipinski definition) is 0. The van der Waals surface area contributed by atoms with E-state index in [-0.39, 0.29) is 13.1 Å². The van der Waals surface area contributed by atoms with Gasteiger partial charge in [0.05, 0.1) is 0 Å². The normalized spacial score (nSPS) is 15.7. The molecule has 146 valence electrons. The molecule has 1 aliphatic rings. The number of hydrogen-bond acceptors (Lipinski definition) is 6. The third-order valence-corrected chi connectivity index (χ3v) is 6.41. The Labute approximate surface area is 160 Å². The van der Waals surface area contributed by atoms with E-state index < -0.39 is 26.6 Å². The molecule has 11 heteroatoms. The van der Waals surface area contributed by atoms with Crippen LogP contribution < -0.4 is 4.90 Å². The van der Waals surface area contributed by atoms with E-state index in [2.05, 4.69) is 15.1 Å². The van der Waals surface area contributed by atoms with Gasteiger partial charge in [0.1, 0.15) is 23.8 Å². The van der Waals surface area contributed by atoms with Gasteiger partial charge in [-0.15, -0.1) is 0 Å². The molecule has 28 heavy (non-hydrogen) atoms. The van der Waals surface area contributed by atoms with Gasteiger partial charge in [0.15, 0.2) is 10.7 Å². The second-order valence-electron chi connectivity index (χ2n) is 6.13. The fourth-order valence-corrected chi connectivity index (χ4v) is 4.59. The summed E-state index contributed by atoms with van der Waals surface area (Å²) in [6.45, 7) is 0.810. The first-order valence-corrected chi connectivity index (χ1v) is 9.92. The minimum Gasteiger partial charge on any atom is -0.354 e. The maximum absolute atomic E-state index is 13.9. The molecule has 0 bridgehead atoms. The van der Waals surface area contributed by atoms with E-state index in [1.54, 1.807) is 29.2 Å². The smallest absolute Gasteiger partial charge is 0.249 e. The lowest BCUT2D eigenvalue weighted by atomic mass is 10.3. The number of halogens is 2. The van der Waals surface area contributed by atoms with E-state index in [4.69, 9.17) is 0 Å². The van der Waals surface area contributed by atoms with Crippen molar-refractivity contribution in [2.75, 3.05) is 31.1 Å². The average molecular weight is 406 g/mol. The summed E-state index contributed by atoms with van der Waals surface area (Å²) in [5, 5.41) is 4.12. The maximum atomic E-state index is 13.9. The Morgan fingerprint density at radius 2 is 1.61 bits per heavy atom. The molecule has 0 unspecified atom stereocenters. The van der Waals surface area contributed by atoms with Crippen LogP contribution in [-0.4, -0.2) is 58.7 Å². The number of aromatic nitrogens is 4. The molecule has 1 saturated heterocycles. The number of anilines is 1. The number of rotatable bonds is 4. The van der Waals surface area contributed by atoms with Gasteiger partial charge in [0.25, 0.3) is 0 Å². The fraction of sp³-hybridized carbons (Fsp3) is 0.235. The Morgan fingerprint density at radius 1 is 0.929 bits per heavy atom. The summed E-state index contributed by atoms with van der Waals surface area (Å²) in [6.07, 6.45) is 4.79. The Hall–Kier alpha value is -2.92. The SMILES string of the molecule is O=S(=O)(c1c(F)cccc1F)N1CCN(c2cc(-n3cccn3)ncn2)CC1. The molecule has 0 atom stereocenters. The van der Waals surface area contributed by atoms with Gasteiger partial charge in [0.2, 0.25) is 10.0 Å². The van der Waals surface area contributed by atoms with Crippen LogP contribution >= 0.6 is 0 Å². The zero-order valence-electron chi connectivity index (χ0n) is 14.6. The van der Waals surface area contributed by atoms with Crippen molar-refractivity contribution >= 4 is 15.8 Å². The van der Waals surface area contributed by atoms with Gasteiger partial charge < -0.3 is 4.90 Å². The van der Waals surface area contributed by atoms with E-state index in [1.807, 2.05) is 4.90 Å². The minimum atomic E-state index is -4.26.